The van der Waals surface area contributed by atoms with Gasteiger partial charge < -0.3 is 20.6 Å². The molecule has 3 N–H and O–H groups in total. The van der Waals surface area contributed by atoms with Gasteiger partial charge in [0.15, 0.2) is 0 Å². The maximum Gasteiger partial charge on any atom is 0.317 e. The lowest BCUT2D eigenvalue weighted by Gasteiger charge is -2.35. The molecule has 1 aromatic carbocycles. The smallest absolute Gasteiger partial charge is 0.317 e. The Morgan fingerprint density at radius 1 is 1.15 bits per heavy atom. The van der Waals surface area contributed by atoms with Gasteiger partial charge in [-0.25, -0.2) is 4.79 Å². The van der Waals surface area contributed by atoms with Gasteiger partial charge in [-0.1, -0.05) is 23.2 Å². The molecule has 140 valence electrons. The minimum absolute atomic E-state index is 0.0163. The number of hydrogen-bond donors (Lipinski definition) is 3. The second kappa shape index (κ2) is 6.82. The standard InChI is InChI=1S/C18H21Cl2N3O3/c19-10-5-13(16(24)14(20)6-10)17(25)22-15-7-12-4-9(15)8-23(12)18(26)21-11-2-1-3-11/h5-6,9,11-12,15,24H,1-4,7-8H2,(H,21,26)(H,22,25)/t9-,12-,15+/m1/s1. The van der Waals surface area contributed by atoms with E-state index < -0.39 is 5.91 Å². The van der Waals surface area contributed by atoms with Gasteiger partial charge in [0.2, 0.25) is 0 Å². The summed E-state index contributed by atoms with van der Waals surface area (Å²) in [5.74, 6) is -0.430. The topological polar surface area (TPSA) is 81.7 Å². The normalized spacial score (nSPS) is 27.3. The van der Waals surface area contributed by atoms with E-state index in [4.69, 9.17) is 23.2 Å². The monoisotopic (exact) mass is 397 g/mol. The Morgan fingerprint density at radius 3 is 2.54 bits per heavy atom. The molecule has 26 heavy (non-hydrogen) atoms. The van der Waals surface area contributed by atoms with E-state index in [0.29, 0.717) is 17.6 Å². The molecule has 3 atom stereocenters. The van der Waals surface area contributed by atoms with Crippen molar-refractivity contribution in [3.63, 3.8) is 0 Å². The molecular weight excluding hydrogens is 377 g/mol. The number of piperidine rings is 1. The molecule has 3 aliphatic rings. The summed E-state index contributed by atoms with van der Waals surface area (Å²) in [6, 6.07) is 3.29. The second-order valence-corrected chi connectivity index (χ2v) is 8.32. The zero-order valence-electron chi connectivity index (χ0n) is 14.2. The fourth-order valence-electron chi connectivity index (χ4n) is 4.17. The van der Waals surface area contributed by atoms with E-state index in [1.54, 1.807) is 0 Å². The molecule has 3 amide bonds. The Morgan fingerprint density at radius 2 is 1.92 bits per heavy atom. The molecule has 4 rings (SSSR count). The van der Waals surface area contributed by atoms with Crippen LogP contribution < -0.4 is 10.6 Å². The van der Waals surface area contributed by atoms with Gasteiger partial charge in [-0.2, -0.15) is 0 Å². The minimum Gasteiger partial charge on any atom is -0.506 e. The van der Waals surface area contributed by atoms with Crippen molar-refractivity contribution in [1.82, 2.24) is 15.5 Å². The fraction of sp³-hybridized carbons (Fsp3) is 0.556. The number of nitrogens with one attached hydrogen (secondary N) is 2. The summed E-state index contributed by atoms with van der Waals surface area (Å²) in [5.41, 5.74) is 0.0739. The number of carbonyl (C=O) groups excluding carboxylic acids is 2. The fourth-order valence-corrected chi connectivity index (χ4v) is 4.67. The average molecular weight is 398 g/mol. The van der Waals surface area contributed by atoms with Gasteiger partial charge in [-0.3, -0.25) is 4.79 Å². The SMILES string of the molecule is O=C(N[C@H]1C[C@H]2C[C@@H]1CN2C(=O)NC1CCC1)c1cc(Cl)cc(Cl)c1O. The molecule has 2 saturated carbocycles. The van der Waals surface area contributed by atoms with Crippen molar-refractivity contribution in [1.29, 1.82) is 0 Å². The third-order valence-corrected chi connectivity index (χ3v) is 6.33. The summed E-state index contributed by atoms with van der Waals surface area (Å²) in [4.78, 5) is 26.8. The van der Waals surface area contributed by atoms with E-state index in [1.165, 1.54) is 18.6 Å². The highest BCUT2D eigenvalue weighted by atomic mass is 35.5. The summed E-state index contributed by atoms with van der Waals surface area (Å²) in [7, 11) is 0. The van der Waals surface area contributed by atoms with Crippen LogP contribution >= 0.6 is 23.2 Å². The number of amides is 3. The van der Waals surface area contributed by atoms with E-state index >= 15 is 0 Å². The maximum absolute atomic E-state index is 12.5. The number of urea groups is 1. The van der Waals surface area contributed by atoms with Crippen molar-refractivity contribution in [2.75, 3.05) is 6.54 Å². The Labute approximate surface area is 161 Å². The molecule has 1 aromatic rings. The van der Waals surface area contributed by atoms with Crippen LogP contribution in [0, 0.1) is 5.92 Å². The highest BCUT2D eigenvalue weighted by Gasteiger charge is 2.47. The van der Waals surface area contributed by atoms with Gasteiger partial charge in [0.25, 0.3) is 5.91 Å². The molecule has 1 heterocycles. The quantitative estimate of drug-likeness (QED) is 0.732. The van der Waals surface area contributed by atoms with Crippen LogP contribution in [0.15, 0.2) is 12.1 Å². The number of nitrogens with zero attached hydrogens (tertiary/aromatic N) is 1. The van der Waals surface area contributed by atoms with Crippen molar-refractivity contribution >= 4 is 35.1 Å². The van der Waals surface area contributed by atoms with Gasteiger partial charge in [0.05, 0.1) is 10.6 Å². The van der Waals surface area contributed by atoms with Crippen LogP contribution in [0.1, 0.15) is 42.5 Å². The molecule has 6 nitrogen and oxygen atoms in total. The lowest BCUT2D eigenvalue weighted by atomic mass is 9.93. The van der Waals surface area contributed by atoms with Gasteiger partial charge in [-0.05, 0) is 50.2 Å². The average Bonchev–Trinajstić information content (AvgIpc) is 3.14. The van der Waals surface area contributed by atoms with Crippen molar-refractivity contribution in [2.45, 2.75) is 50.2 Å². The Balaban J connectivity index is 1.37. The molecule has 0 unspecified atom stereocenters. The van der Waals surface area contributed by atoms with Crippen LogP contribution in [0.2, 0.25) is 10.0 Å². The van der Waals surface area contributed by atoms with E-state index in [9.17, 15) is 14.7 Å². The first-order valence-corrected chi connectivity index (χ1v) is 9.74. The highest BCUT2D eigenvalue weighted by Crippen LogP contribution is 2.39. The predicted octanol–water partition coefficient (Wildman–Crippen LogP) is 3.15. The third kappa shape index (κ3) is 3.21. The molecule has 1 aliphatic heterocycles. The lowest BCUT2D eigenvalue weighted by molar-refractivity contribution is 0.0910. The summed E-state index contributed by atoms with van der Waals surface area (Å²) < 4.78 is 0. The molecule has 2 bridgehead atoms. The van der Waals surface area contributed by atoms with Crippen LogP contribution in [0.25, 0.3) is 0 Å². The molecule has 0 radical (unpaired) electrons. The first-order chi connectivity index (χ1) is 12.4. The van der Waals surface area contributed by atoms with E-state index in [0.717, 1.165) is 25.7 Å². The number of benzene rings is 1. The summed E-state index contributed by atoms with van der Waals surface area (Å²) in [6.45, 7) is 0.649. The molecule has 8 heteroatoms. The second-order valence-electron chi connectivity index (χ2n) is 7.48. The van der Waals surface area contributed by atoms with Gasteiger partial charge in [-0.15, -0.1) is 0 Å². The van der Waals surface area contributed by atoms with Crippen molar-refractivity contribution in [3.05, 3.63) is 27.7 Å². The first-order valence-electron chi connectivity index (χ1n) is 8.98. The van der Waals surface area contributed by atoms with Crippen LogP contribution in [-0.2, 0) is 0 Å². The van der Waals surface area contributed by atoms with Crippen molar-refractivity contribution in [2.24, 2.45) is 5.92 Å². The summed E-state index contributed by atoms with van der Waals surface area (Å²) >= 11 is 11.8. The zero-order valence-corrected chi connectivity index (χ0v) is 15.7. The number of fused-ring (bicyclic) bond motifs is 2. The van der Waals surface area contributed by atoms with Crippen LogP contribution in [-0.4, -0.2) is 46.6 Å². The predicted molar refractivity (Wildman–Crippen MR) is 98.8 cm³/mol. The number of halogens is 2. The number of rotatable bonds is 3. The van der Waals surface area contributed by atoms with Crippen molar-refractivity contribution < 1.29 is 14.7 Å². The van der Waals surface area contributed by atoms with Crippen molar-refractivity contribution in [3.8, 4) is 5.75 Å². The first kappa shape index (κ1) is 17.7. The zero-order chi connectivity index (χ0) is 18.4. The Hall–Kier alpha value is -1.66. The summed E-state index contributed by atoms with van der Waals surface area (Å²) in [5, 5.41) is 16.4. The van der Waals surface area contributed by atoms with Crippen LogP contribution in [0.4, 0.5) is 4.79 Å². The number of likely N-dealkylation sites (tertiary alicyclic amines) is 1. The van der Waals surface area contributed by atoms with E-state index in [-0.39, 0.29) is 40.4 Å². The van der Waals surface area contributed by atoms with E-state index in [1.807, 2.05) is 4.90 Å². The molecular formula is C18H21Cl2N3O3. The molecule has 0 spiro atoms. The van der Waals surface area contributed by atoms with Gasteiger partial charge in [0.1, 0.15) is 5.75 Å². The third-order valence-electron chi connectivity index (χ3n) is 5.82. The number of carbonyl (C=O) groups is 2. The number of phenolic OH excluding ortho intramolecular Hbond substituents is 1. The lowest BCUT2D eigenvalue weighted by Crippen LogP contribution is -2.53. The van der Waals surface area contributed by atoms with E-state index in [2.05, 4.69) is 10.6 Å². The Bertz CT molecular complexity index is 753. The van der Waals surface area contributed by atoms with Crippen LogP contribution in [0.5, 0.6) is 5.75 Å². The van der Waals surface area contributed by atoms with Crippen LogP contribution in [0.3, 0.4) is 0 Å². The molecule has 3 fully saturated rings. The highest BCUT2D eigenvalue weighted by molar-refractivity contribution is 6.36. The number of aromatic hydroxyl groups is 1. The maximum atomic E-state index is 12.5. The van der Waals surface area contributed by atoms with Gasteiger partial charge >= 0.3 is 6.03 Å². The minimum atomic E-state index is -0.394. The number of hydrogen-bond acceptors (Lipinski definition) is 3. The largest absolute Gasteiger partial charge is 0.506 e. The molecule has 1 saturated heterocycles. The van der Waals surface area contributed by atoms with Gasteiger partial charge in [0, 0.05) is 29.7 Å². The Kier molecular flexibility index (Phi) is 4.65. The molecule has 2 aliphatic carbocycles. The molecule has 0 aromatic heterocycles. The summed E-state index contributed by atoms with van der Waals surface area (Å²) in [6.07, 6.45) is 4.94. The number of phenols is 1.